The summed E-state index contributed by atoms with van der Waals surface area (Å²) in [5.74, 6) is -3.11. The number of carbonyl (C=O) groups excluding carboxylic acids is 2. The Bertz CT molecular complexity index is 532. The molecule has 0 radical (unpaired) electrons. The van der Waals surface area contributed by atoms with E-state index >= 15 is 0 Å². The van der Waals surface area contributed by atoms with Crippen molar-refractivity contribution in [2.75, 3.05) is 45.1 Å². The Balaban J connectivity index is 5.07. The van der Waals surface area contributed by atoms with Gasteiger partial charge in [0, 0.05) is 6.26 Å². The maximum absolute atomic E-state index is 11.9. The van der Waals surface area contributed by atoms with Crippen molar-refractivity contribution in [1.29, 1.82) is 0 Å². The molecule has 0 heterocycles. The molecule has 0 aromatic heterocycles. The number of carbonyl (C=O) groups is 2. The Labute approximate surface area is 117 Å². The zero-order chi connectivity index (χ0) is 16.0. The van der Waals surface area contributed by atoms with Gasteiger partial charge in [-0.3, -0.25) is 9.59 Å². The number of ether oxygens (including phenoxy) is 2. The summed E-state index contributed by atoms with van der Waals surface area (Å²) in [6.45, 7) is -1.39. The zero-order valence-electron chi connectivity index (χ0n) is 11.4. The molecule has 0 spiro atoms. The summed E-state index contributed by atoms with van der Waals surface area (Å²) in [6.07, 6.45) is 0.882. The third kappa shape index (κ3) is 7.40. The molecule has 0 atom stereocenters. The maximum Gasteiger partial charge on any atom is 0.321 e. The summed E-state index contributed by atoms with van der Waals surface area (Å²) in [5, 5.41) is 0. The molecule has 0 aliphatic rings. The van der Waals surface area contributed by atoms with E-state index in [9.17, 15) is 26.4 Å². The molecule has 0 bridgehead atoms. The number of hydrogen-bond acceptors (Lipinski definition) is 8. The number of rotatable bonds is 8. The van der Waals surface area contributed by atoms with Gasteiger partial charge in [-0.15, -0.1) is 0 Å². The van der Waals surface area contributed by atoms with Gasteiger partial charge in [-0.05, 0) is 0 Å². The first-order valence-corrected chi connectivity index (χ1v) is 8.98. The Morgan fingerprint density at radius 2 is 1.30 bits per heavy atom. The highest BCUT2D eigenvalue weighted by Gasteiger charge is 2.28. The van der Waals surface area contributed by atoms with Gasteiger partial charge in [-0.25, -0.2) is 16.8 Å². The van der Waals surface area contributed by atoms with Crippen molar-refractivity contribution >= 4 is 31.8 Å². The summed E-state index contributed by atoms with van der Waals surface area (Å²) in [5.41, 5.74) is 0. The van der Waals surface area contributed by atoms with Crippen molar-refractivity contribution in [3.8, 4) is 0 Å². The van der Waals surface area contributed by atoms with Crippen LogP contribution < -0.4 is 0 Å². The highest BCUT2D eigenvalue weighted by molar-refractivity contribution is 7.93. The molecule has 0 saturated carbocycles. The predicted octanol–water partition coefficient (Wildman–Crippen LogP) is -1.99. The number of sulfonamides is 1. The average molecular weight is 331 g/mol. The van der Waals surface area contributed by atoms with E-state index in [0.29, 0.717) is 4.31 Å². The Hall–Kier alpha value is -1.20. The van der Waals surface area contributed by atoms with Crippen LogP contribution in [0.15, 0.2) is 0 Å². The largest absolute Gasteiger partial charge is 0.468 e. The smallest absolute Gasteiger partial charge is 0.321 e. The van der Waals surface area contributed by atoms with E-state index in [-0.39, 0.29) is 0 Å². The summed E-state index contributed by atoms with van der Waals surface area (Å²) < 4.78 is 55.0. The molecule has 0 fully saturated rings. The molecule has 0 unspecified atom stereocenters. The molecular formula is C9H17NO8S2. The first-order valence-electron chi connectivity index (χ1n) is 5.31. The first kappa shape index (κ1) is 18.8. The second kappa shape index (κ2) is 7.55. The Morgan fingerprint density at radius 3 is 1.60 bits per heavy atom. The van der Waals surface area contributed by atoms with E-state index in [1.54, 1.807) is 0 Å². The van der Waals surface area contributed by atoms with Gasteiger partial charge in [-0.2, -0.15) is 4.31 Å². The van der Waals surface area contributed by atoms with Gasteiger partial charge in [0.25, 0.3) is 0 Å². The SMILES string of the molecule is COC(=O)CN(CC(=O)OC)S(=O)(=O)CCS(C)(=O)=O. The third-order valence-corrected chi connectivity index (χ3v) is 5.14. The van der Waals surface area contributed by atoms with Gasteiger partial charge in [0.15, 0.2) is 0 Å². The molecule has 0 aliphatic heterocycles. The normalized spacial score (nSPS) is 12.2. The standard InChI is InChI=1S/C9H17NO8S2/c1-17-8(11)6-10(7-9(12)18-2)20(15,16)5-4-19(3,13)14/h4-7H2,1-3H3. The first-order chi connectivity index (χ1) is 9.01. The van der Waals surface area contributed by atoms with E-state index in [1.165, 1.54) is 0 Å². The second-order valence-electron chi connectivity index (χ2n) is 3.87. The zero-order valence-corrected chi connectivity index (χ0v) is 13.0. The molecule has 11 heteroatoms. The Kier molecular flexibility index (Phi) is 7.09. The lowest BCUT2D eigenvalue weighted by Gasteiger charge is -2.19. The summed E-state index contributed by atoms with van der Waals surface area (Å²) in [6, 6.07) is 0. The van der Waals surface area contributed by atoms with Crippen LogP contribution in [0.3, 0.4) is 0 Å². The minimum absolute atomic E-state index is 0.524. The van der Waals surface area contributed by atoms with E-state index in [2.05, 4.69) is 9.47 Å². The number of esters is 2. The molecule has 0 N–H and O–H groups in total. The van der Waals surface area contributed by atoms with Crippen LogP contribution in [0.1, 0.15) is 0 Å². The molecule has 9 nitrogen and oxygen atoms in total. The van der Waals surface area contributed by atoms with Crippen LogP contribution in [0, 0.1) is 0 Å². The minimum atomic E-state index is -4.11. The molecule has 0 aromatic rings. The molecule has 0 aliphatic carbocycles. The van der Waals surface area contributed by atoms with Crippen LogP contribution in [-0.4, -0.2) is 78.2 Å². The van der Waals surface area contributed by atoms with Gasteiger partial charge < -0.3 is 9.47 Å². The second-order valence-corrected chi connectivity index (χ2v) is 8.21. The lowest BCUT2D eigenvalue weighted by molar-refractivity contribution is -0.143. The summed E-state index contributed by atoms with van der Waals surface area (Å²) in [7, 11) is -5.50. The van der Waals surface area contributed by atoms with E-state index < -0.39 is 56.4 Å². The third-order valence-electron chi connectivity index (χ3n) is 2.17. The van der Waals surface area contributed by atoms with Crippen LogP contribution in [0.5, 0.6) is 0 Å². The molecule has 0 aromatic carbocycles. The fourth-order valence-corrected chi connectivity index (χ4v) is 3.97. The number of nitrogens with zero attached hydrogens (tertiary/aromatic N) is 1. The van der Waals surface area contributed by atoms with Crippen molar-refractivity contribution in [2.45, 2.75) is 0 Å². The molecule has 0 saturated heterocycles. The predicted molar refractivity (Wildman–Crippen MR) is 69.1 cm³/mol. The van der Waals surface area contributed by atoms with Gasteiger partial charge >= 0.3 is 11.9 Å². The van der Waals surface area contributed by atoms with E-state index in [1.807, 2.05) is 0 Å². The van der Waals surface area contributed by atoms with Crippen LogP contribution >= 0.6 is 0 Å². The minimum Gasteiger partial charge on any atom is -0.468 e. The fraction of sp³-hybridized carbons (Fsp3) is 0.778. The molecule has 0 amide bonds. The quantitative estimate of drug-likeness (QED) is 0.468. The topological polar surface area (TPSA) is 124 Å². The molecule has 118 valence electrons. The van der Waals surface area contributed by atoms with Gasteiger partial charge in [-0.1, -0.05) is 0 Å². The average Bonchev–Trinajstić information content (AvgIpc) is 2.34. The lowest BCUT2D eigenvalue weighted by atomic mass is 10.6. The van der Waals surface area contributed by atoms with Crippen LogP contribution in [0.25, 0.3) is 0 Å². The van der Waals surface area contributed by atoms with Crippen LogP contribution in [0.4, 0.5) is 0 Å². The maximum atomic E-state index is 11.9. The molecule has 0 rings (SSSR count). The fourth-order valence-electron chi connectivity index (χ4n) is 1.06. The Morgan fingerprint density at radius 1 is 0.900 bits per heavy atom. The van der Waals surface area contributed by atoms with Crippen LogP contribution in [0.2, 0.25) is 0 Å². The number of sulfone groups is 1. The van der Waals surface area contributed by atoms with E-state index in [0.717, 1.165) is 20.5 Å². The molecule has 20 heavy (non-hydrogen) atoms. The number of hydrogen-bond donors (Lipinski definition) is 0. The van der Waals surface area contributed by atoms with Crippen molar-refractivity contribution in [1.82, 2.24) is 4.31 Å². The van der Waals surface area contributed by atoms with Gasteiger partial charge in [0.2, 0.25) is 10.0 Å². The van der Waals surface area contributed by atoms with Gasteiger partial charge in [0.1, 0.15) is 22.9 Å². The summed E-state index contributed by atoms with van der Waals surface area (Å²) in [4.78, 5) is 22.3. The van der Waals surface area contributed by atoms with Crippen molar-refractivity contribution in [3.63, 3.8) is 0 Å². The van der Waals surface area contributed by atoms with Crippen LogP contribution in [-0.2, 0) is 38.9 Å². The summed E-state index contributed by atoms with van der Waals surface area (Å²) >= 11 is 0. The number of methoxy groups -OCH3 is 2. The molecular weight excluding hydrogens is 314 g/mol. The van der Waals surface area contributed by atoms with Crippen molar-refractivity contribution in [2.24, 2.45) is 0 Å². The monoisotopic (exact) mass is 331 g/mol. The van der Waals surface area contributed by atoms with Gasteiger partial charge in [0.05, 0.1) is 25.7 Å². The van der Waals surface area contributed by atoms with E-state index in [4.69, 9.17) is 0 Å². The van der Waals surface area contributed by atoms with Crippen molar-refractivity contribution in [3.05, 3.63) is 0 Å². The highest BCUT2D eigenvalue weighted by atomic mass is 32.2. The lowest BCUT2D eigenvalue weighted by Crippen LogP contribution is -2.42. The van der Waals surface area contributed by atoms with Crippen molar-refractivity contribution < 1.29 is 35.9 Å². The highest BCUT2D eigenvalue weighted by Crippen LogP contribution is 2.04.